The molecular weight excluding hydrogens is 319 g/mol. The van der Waals surface area contributed by atoms with E-state index in [0.29, 0.717) is 16.6 Å². The Labute approximate surface area is 139 Å². The van der Waals surface area contributed by atoms with Crippen LogP contribution in [0.4, 0.5) is 0 Å². The maximum absolute atomic E-state index is 11.6. The molecule has 0 bridgehead atoms. The molecule has 0 aliphatic carbocycles. The Morgan fingerprint density at radius 1 is 1.00 bits per heavy atom. The highest BCUT2D eigenvalue weighted by atomic mass is 35.5. The first-order valence-electron chi connectivity index (χ1n) is 6.95. The van der Waals surface area contributed by atoms with Gasteiger partial charge in [0.1, 0.15) is 0 Å². The lowest BCUT2D eigenvalue weighted by Gasteiger charge is -2.44. The van der Waals surface area contributed by atoms with Crippen LogP contribution >= 0.6 is 23.2 Å². The molecule has 1 fully saturated rings. The number of nitrogens with zero attached hydrogens (tertiary/aromatic N) is 1. The van der Waals surface area contributed by atoms with Gasteiger partial charge in [-0.25, -0.2) is 0 Å². The molecule has 22 heavy (non-hydrogen) atoms. The van der Waals surface area contributed by atoms with Crippen LogP contribution in [0.1, 0.15) is 17.2 Å². The van der Waals surface area contributed by atoms with E-state index in [9.17, 15) is 4.79 Å². The highest BCUT2D eigenvalue weighted by Crippen LogP contribution is 2.36. The summed E-state index contributed by atoms with van der Waals surface area (Å²) in [6.45, 7) is 0.712. The number of benzene rings is 2. The lowest BCUT2D eigenvalue weighted by molar-refractivity contribution is -0.125. The van der Waals surface area contributed by atoms with Gasteiger partial charge in [-0.2, -0.15) is 0 Å². The van der Waals surface area contributed by atoms with Gasteiger partial charge in [0.05, 0.1) is 12.1 Å². The van der Waals surface area contributed by atoms with Crippen molar-refractivity contribution in [1.82, 2.24) is 4.90 Å². The summed E-state index contributed by atoms with van der Waals surface area (Å²) in [4.78, 5) is 13.6. The average Bonchev–Trinajstić information content (AvgIpc) is 2.45. The number of carbonyl (C=O) groups is 1. The maximum atomic E-state index is 11.6. The number of primary amides is 1. The predicted octanol–water partition coefficient (Wildman–Crippen LogP) is 3.46. The molecule has 2 N–H and O–H groups in total. The van der Waals surface area contributed by atoms with E-state index in [1.165, 1.54) is 0 Å². The molecule has 2 aromatic rings. The largest absolute Gasteiger partial charge is 0.368 e. The average molecular weight is 334 g/mol. The van der Waals surface area contributed by atoms with Crippen LogP contribution in [0.3, 0.4) is 0 Å². The van der Waals surface area contributed by atoms with Gasteiger partial charge >= 0.3 is 0 Å². The summed E-state index contributed by atoms with van der Waals surface area (Å²) in [5.74, 6) is -0.334. The van der Waals surface area contributed by atoms with E-state index in [1.54, 1.807) is 0 Å². The number of carbonyl (C=O) groups excluding carboxylic acids is 1. The Morgan fingerprint density at radius 2 is 1.45 bits per heavy atom. The molecule has 0 saturated carbocycles. The Morgan fingerprint density at radius 3 is 1.77 bits per heavy atom. The van der Waals surface area contributed by atoms with Crippen LogP contribution in [0.25, 0.3) is 0 Å². The van der Waals surface area contributed by atoms with Crippen molar-refractivity contribution in [2.24, 2.45) is 5.73 Å². The Kier molecular flexibility index (Phi) is 4.39. The molecule has 1 heterocycles. The van der Waals surface area contributed by atoms with Gasteiger partial charge < -0.3 is 5.73 Å². The minimum Gasteiger partial charge on any atom is -0.368 e. The lowest BCUT2D eigenvalue weighted by atomic mass is 9.90. The molecule has 1 unspecified atom stereocenters. The third kappa shape index (κ3) is 2.98. The summed E-state index contributed by atoms with van der Waals surface area (Å²) in [5.41, 5.74) is 7.60. The molecule has 0 spiro atoms. The van der Waals surface area contributed by atoms with Crippen LogP contribution in [0.15, 0.2) is 48.5 Å². The van der Waals surface area contributed by atoms with Crippen molar-refractivity contribution in [2.75, 3.05) is 6.54 Å². The van der Waals surface area contributed by atoms with Gasteiger partial charge in [-0.15, -0.1) is 0 Å². The number of halogens is 2. The van der Waals surface area contributed by atoms with Gasteiger partial charge in [0.2, 0.25) is 5.91 Å². The topological polar surface area (TPSA) is 46.3 Å². The number of likely N-dealkylation sites (tertiary alicyclic amines) is 1. The molecule has 1 aliphatic heterocycles. The van der Waals surface area contributed by atoms with Gasteiger partial charge in [0, 0.05) is 23.0 Å². The second-order valence-corrected chi connectivity index (χ2v) is 6.16. The number of hydrogen-bond donors (Lipinski definition) is 1. The van der Waals surface area contributed by atoms with Gasteiger partial charge in [-0.1, -0.05) is 47.5 Å². The van der Waals surface area contributed by atoms with E-state index in [1.807, 2.05) is 55.0 Å². The molecule has 1 saturated heterocycles. The van der Waals surface area contributed by atoms with Crippen molar-refractivity contribution in [3.05, 3.63) is 76.1 Å². The van der Waals surface area contributed by atoms with Crippen LogP contribution in [0.5, 0.6) is 0 Å². The predicted molar refractivity (Wildman–Crippen MR) is 88.7 cm³/mol. The first-order valence-corrected chi connectivity index (χ1v) is 7.71. The van der Waals surface area contributed by atoms with Crippen LogP contribution in [0, 0.1) is 6.42 Å². The lowest BCUT2D eigenvalue weighted by Crippen LogP contribution is -2.56. The third-order valence-electron chi connectivity index (χ3n) is 3.89. The number of amides is 1. The highest BCUT2D eigenvalue weighted by molar-refractivity contribution is 6.30. The Bertz CT molecular complexity index is 625. The van der Waals surface area contributed by atoms with Crippen LogP contribution in [-0.4, -0.2) is 23.4 Å². The monoisotopic (exact) mass is 333 g/mol. The van der Waals surface area contributed by atoms with E-state index in [4.69, 9.17) is 28.9 Å². The fraction of sp³-hybridized carbons (Fsp3) is 0.176. The summed E-state index contributed by atoms with van der Waals surface area (Å²) >= 11 is 12.0. The van der Waals surface area contributed by atoms with Crippen LogP contribution in [-0.2, 0) is 4.79 Å². The molecular formula is C17H15Cl2N2O. The molecule has 1 aliphatic rings. The zero-order chi connectivity index (χ0) is 15.7. The second-order valence-electron chi connectivity index (χ2n) is 5.29. The molecule has 3 nitrogen and oxygen atoms in total. The summed E-state index contributed by atoms with van der Waals surface area (Å²) in [5, 5.41) is 1.36. The summed E-state index contributed by atoms with van der Waals surface area (Å²) < 4.78 is 0. The minimum absolute atomic E-state index is 0.0583. The molecule has 3 rings (SSSR count). The van der Waals surface area contributed by atoms with Gasteiger partial charge in [-0.3, -0.25) is 9.69 Å². The van der Waals surface area contributed by atoms with Crippen molar-refractivity contribution in [3.63, 3.8) is 0 Å². The first kappa shape index (κ1) is 15.3. The fourth-order valence-corrected chi connectivity index (χ4v) is 3.00. The summed E-state index contributed by atoms with van der Waals surface area (Å²) in [7, 11) is 0. The van der Waals surface area contributed by atoms with Gasteiger partial charge in [0.15, 0.2) is 0 Å². The molecule has 1 amide bonds. The zero-order valence-electron chi connectivity index (χ0n) is 11.7. The summed E-state index contributed by atoms with van der Waals surface area (Å²) in [6.07, 6.45) is 1.92. The van der Waals surface area contributed by atoms with Crippen molar-refractivity contribution in [2.45, 2.75) is 12.1 Å². The van der Waals surface area contributed by atoms with Crippen molar-refractivity contribution < 1.29 is 4.79 Å². The normalized spacial score (nSPS) is 18.2. The quantitative estimate of drug-likeness (QED) is 0.931. The highest BCUT2D eigenvalue weighted by Gasteiger charge is 2.39. The smallest absolute Gasteiger partial charge is 0.235 e. The minimum atomic E-state index is -0.351. The number of rotatable bonds is 4. The first-order chi connectivity index (χ1) is 10.6. The molecule has 1 atom stereocenters. The molecule has 5 heteroatoms. The molecule has 2 aromatic carbocycles. The van der Waals surface area contributed by atoms with E-state index < -0.39 is 0 Å². The van der Waals surface area contributed by atoms with Crippen molar-refractivity contribution >= 4 is 29.1 Å². The van der Waals surface area contributed by atoms with E-state index in [-0.39, 0.29) is 18.0 Å². The Hall–Kier alpha value is -1.55. The van der Waals surface area contributed by atoms with Crippen molar-refractivity contribution in [1.29, 1.82) is 0 Å². The van der Waals surface area contributed by atoms with Crippen LogP contribution < -0.4 is 5.73 Å². The number of hydrogen-bond acceptors (Lipinski definition) is 2. The second kappa shape index (κ2) is 6.29. The Balaban J connectivity index is 2.00. The summed E-state index contributed by atoms with van der Waals surface area (Å²) in [6, 6.07) is 14.9. The van der Waals surface area contributed by atoms with Crippen molar-refractivity contribution in [3.8, 4) is 0 Å². The molecule has 1 radical (unpaired) electrons. The SMILES string of the molecule is NC(=O)C1[CH]CN1C(c1ccc(Cl)cc1)c1ccc(Cl)cc1. The molecule has 0 aromatic heterocycles. The fourth-order valence-electron chi connectivity index (χ4n) is 2.74. The van der Waals surface area contributed by atoms with E-state index in [2.05, 4.69) is 4.90 Å². The van der Waals surface area contributed by atoms with E-state index in [0.717, 1.165) is 11.1 Å². The van der Waals surface area contributed by atoms with Gasteiger partial charge in [-0.05, 0) is 35.4 Å². The molecule has 113 valence electrons. The van der Waals surface area contributed by atoms with Gasteiger partial charge in [0.25, 0.3) is 0 Å². The maximum Gasteiger partial charge on any atom is 0.235 e. The standard InChI is InChI=1S/C17H15Cl2N2O/c18-13-5-1-11(2-6-13)16(12-3-7-14(19)8-4-12)21-10-9-15(21)17(20)22/h1-9,15-16H,10H2,(H2,20,22). The number of nitrogens with two attached hydrogens (primary N) is 1. The van der Waals surface area contributed by atoms with Crippen LogP contribution in [0.2, 0.25) is 10.0 Å². The van der Waals surface area contributed by atoms with E-state index >= 15 is 0 Å². The third-order valence-corrected chi connectivity index (χ3v) is 4.40. The zero-order valence-corrected chi connectivity index (χ0v) is 13.3.